The summed E-state index contributed by atoms with van der Waals surface area (Å²) in [6.07, 6.45) is 1.05. The molecule has 1 aromatic carbocycles. The van der Waals surface area contributed by atoms with Crippen LogP contribution in [0.5, 0.6) is 0 Å². The fraction of sp³-hybridized carbons (Fsp3) is 0.286. The molecule has 0 unspecified atom stereocenters. The van der Waals surface area contributed by atoms with E-state index in [-0.39, 0.29) is 5.56 Å². The van der Waals surface area contributed by atoms with Gasteiger partial charge < -0.3 is 0 Å². The molecule has 0 bridgehead atoms. The second-order valence-corrected chi connectivity index (χ2v) is 5.92. The molecule has 0 atom stereocenters. The molecule has 0 aliphatic heterocycles. The minimum Gasteiger partial charge on any atom is -0.266 e. The molecule has 0 fully saturated rings. The maximum absolute atomic E-state index is 11.6. The van der Waals surface area contributed by atoms with Crippen LogP contribution in [0, 0.1) is 5.92 Å². The van der Waals surface area contributed by atoms with Crippen molar-refractivity contribution in [2.45, 2.75) is 20.3 Å². The van der Waals surface area contributed by atoms with Gasteiger partial charge >= 0.3 is 0 Å². The van der Waals surface area contributed by atoms with E-state index in [1.807, 2.05) is 12.1 Å². The number of benzene rings is 1. The first-order chi connectivity index (χ1) is 9.65. The zero-order valence-electron chi connectivity index (χ0n) is 11.3. The summed E-state index contributed by atoms with van der Waals surface area (Å²) in [5.41, 5.74) is 3.31. The van der Waals surface area contributed by atoms with Gasteiger partial charge in [0.1, 0.15) is 15.9 Å². The number of hydrogen-bond acceptors (Lipinski definition) is 5. The van der Waals surface area contributed by atoms with Crippen LogP contribution in [0.15, 0.2) is 29.1 Å². The smallest absolute Gasteiger partial charge is 0.266 e. The molecule has 3 rings (SSSR count). The molecule has 0 saturated carbocycles. The topological polar surface area (TPSA) is 71.5 Å². The molecular formula is C14H14N4OS. The average Bonchev–Trinajstić information content (AvgIpc) is 2.84. The van der Waals surface area contributed by atoms with Crippen LogP contribution in [-0.2, 0) is 6.42 Å². The van der Waals surface area contributed by atoms with E-state index >= 15 is 0 Å². The van der Waals surface area contributed by atoms with Gasteiger partial charge in [0, 0.05) is 5.56 Å². The first kappa shape index (κ1) is 12.9. The molecule has 2 heterocycles. The van der Waals surface area contributed by atoms with Crippen molar-refractivity contribution >= 4 is 21.7 Å². The van der Waals surface area contributed by atoms with Gasteiger partial charge in [-0.25, -0.2) is 5.10 Å². The zero-order valence-corrected chi connectivity index (χ0v) is 12.1. The number of nitrogens with zero attached hydrogens (tertiary/aromatic N) is 3. The van der Waals surface area contributed by atoms with Gasteiger partial charge in [0.25, 0.3) is 5.56 Å². The monoisotopic (exact) mass is 286 g/mol. The summed E-state index contributed by atoms with van der Waals surface area (Å²) in [6, 6.07) is 8.24. The standard InChI is InChI=1S/C14H14N4OS/c1-8(2)7-9-3-5-10(6-4-9)11-12-13(20-17-11)14(19)16-18-15-12/h3-6,8H,7H2,1-2H3,(H,15,16,19). The van der Waals surface area contributed by atoms with Crippen LogP contribution in [0.25, 0.3) is 21.5 Å². The molecule has 0 saturated heterocycles. The van der Waals surface area contributed by atoms with Gasteiger partial charge in [0.2, 0.25) is 0 Å². The second kappa shape index (κ2) is 5.13. The van der Waals surface area contributed by atoms with Crippen LogP contribution in [0.2, 0.25) is 0 Å². The van der Waals surface area contributed by atoms with Crippen molar-refractivity contribution in [3.05, 3.63) is 40.2 Å². The highest BCUT2D eigenvalue weighted by Crippen LogP contribution is 2.27. The Morgan fingerprint density at radius 2 is 2.00 bits per heavy atom. The van der Waals surface area contributed by atoms with Gasteiger partial charge in [0.05, 0.1) is 0 Å². The minimum absolute atomic E-state index is 0.241. The predicted octanol–water partition coefficient (Wildman–Crippen LogP) is 2.64. The molecule has 0 aliphatic carbocycles. The summed E-state index contributed by atoms with van der Waals surface area (Å²) < 4.78 is 4.85. The Bertz CT molecular complexity index is 789. The Morgan fingerprint density at radius 1 is 1.25 bits per heavy atom. The van der Waals surface area contributed by atoms with E-state index in [9.17, 15) is 4.79 Å². The first-order valence-corrected chi connectivity index (χ1v) is 7.22. The van der Waals surface area contributed by atoms with Crippen LogP contribution in [-0.4, -0.2) is 19.8 Å². The van der Waals surface area contributed by atoms with Gasteiger partial charge in [-0.2, -0.15) is 4.37 Å². The number of fused-ring (bicyclic) bond motifs is 1. The number of aromatic amines is 1. The zero-order chi connectivity index (χ0) is 14.1. The summed E-state index contributed by atoms with van der Waals surface area (Å²) in [5, 5.41) is 9.92. The molecule has 0 aliphatic rings. The van der Waals surface area contributed by atoms with E-state index in [1.165, 1.54) is 5.56 Å². The number of nitrogens with one attached hydrogen (secondary N) is 1. The highest BCUT2D eigenvalue weighted by molar-refractivity contribution is 7.13. The molecule has 0 radical (unpaired) electrons. The Kier molecular flexibility index (Phi) is 3.31. The van der Waals surface area contributed by atoms with Gasteiger partial charge in [-0.1, -0.05) is 43.3 Å². The highest BCUT2D eigenvalue weighted by Gasteiger charge is 2.13. The lowest BCUT2D eigenvalue weighted by Gasteiger charge is -2.05. The maximum Gasteiger partial charge on any atom is 0.286 e. The van der Waals surface area contributed by atoms with Crippen LogP contribution in [0.3, 0.4) is 0 Å². The third kappa shape index (κ3) is 2.34. The van der Waals surface area contributed by atoms with Crippen molar-refractivity contribution in [1.29, 1.82) is 0 Å². The Balaban J connectivity index is 2.03. The SMILES string of the molecule is CC(C)Cc1ccc(-c2nsc3c(=O)[nH]nnc23)cc1. The van der Waals surface area contributed by atoms with Crippen LogP contribution in [0.4, 0.5) is 0 Å². The molecular weight excluding hydrogens is 272 g/mol. The van der Waals surface area contributed by atoms with Crippen LogP contribution in [0.1, 0.15) is 19.4 Å². The number of rotatable bonds is 3. The van der Waals surface area contributed by atoms with Crippen molar-refractivity contribution in [3.63, 3.8) is 0 Å². The lowest BCUT2D eigenvalue weighted by atomic mass is 10.0. The molecule has 1 N–H and O–H groups in total. The van der Waals surface area contributed by atoms with Crippen molar-refractivity contribution in [3.8, 4) is 11.3 Å². The van der Waals surface area contributed by atoms with Crippen LogP contribution >= 0.6 is 11.5 Å². The van der Waals surface area contributed by atoms with E-state index in [2.05, 4.69) is 45.8 Å². The number of H-pyrrole nitrogens is 1. The summed E-state index contributed by atoms with van der Waals surface area (Å²) >= 11 is 1.15. The van der Waals surface area contributed by atoms with Crippen molar-refractivity contribution < 1.29 is 0 Å². The molecule has 0 spiro atoms. The third-order valence-electron chi connectivity index (χ3n) is 3.05. The van der Waals surface area contributed by atoms with Crippen LogP contribution < -0.4 is 5.56 Å². The molecule has 3 aromatic rings. The lowest BCUT2D eigenvalue weighted by Crippen LogP contribution is -2.07. The normalized spacial score (nSPS) is 11.3. The van der Waals surface area contributed by atoms with E-state index < -0.39 is 0 Å². The fourth-order valence-corrected chi connectivity index (χ4v) is 2.88. The molecule has 20 heavy (non-hydrogen) atoms. The summed E-state index contributed by atoms with van der Waals surface area (Å²) in [6.45, 7) is 4.40. The lowest BCUT2D eigenvalue weighted by molar-refractivity contribution is 0.647. The van der Waals surface area contributed by atoms with Crippen molar-refractivity contribution in [1.82, 2.24) is 19.8 Å². The van der Waals surface area contributed by atoms with Gasteiger partial charge in [-0.15, -0.1) is 5.10 Å². The highest BCUT2D eigenvalue weighted by atomic mass is 32.1. The molecule has 2 aromatic heterocycles. The molecule has 6 heteroatoms. The van der Waals surface area contributed by atoms with Crippen molar-refractivity contribution in [2.24, 2.45) is 5.92 Å². The minimum atomic E-state index is -0.241. The summed E-state index contributed by atoms with van der Waals surface area (Å²) in [5.74, 6) is 0.630. The summed E-state index contributed by atoms with van der Waals surface area (Å²) in [4.78, 5) is 11.6. The largest absolute Gasteiger partial charge is 0.286 e. The third-order valence-corrected chi connectivity index (χ3v) is 3.88. The predicted molar refractivity (Wildman–Crippen MR) is 79.8 cm³/mol. The van der Waals surface area contributed by atoms with E-state index in [0.717, 1.165) is 29.2 Å². The molecule has 0 amide bonds. The Morgan fingerprint density at radius 3 is 2.70 bits per heavy atom. The number of hydrogen-bond donors (Lipinski definition) is 1. The number of aromatic nitrogens is 4. The molecule has 5 nitrogen and oxygen atoms in total. The van der Waals surface area contributed by atoms with Gasteiger partial charge in [0.15, 0.2) is 0 Å². The summed E-state index contributed by atoms with van der Waals surface area (Å²) in [7, 11) is 0. The first-order valence-electron chi connectivity index (χ1n) is 6.45. The maximum atomic E-state index is 11.6. The van der Waals surface area contributed by atoms with E-state index in [1.54, 1.807) is 0 Å². The average molecular weight is 286 g/mol. The molecule has 102 valence electrons. The van der Waals surface area contributed by atoms with E-state index in [4.69, 9.17) is 0 Å². The van der Waals surface area contributed by atoms with Gasteiger partial charge in [-0.05, 0) is 29.4 Å². The second-order valence-electron chi connectivity index (χ2n) is 5.14. The Labute approximate surface area is 119 Å². The van der Waals surface area contributed by atoms with Crippen molar-refractivity contribution in [2.75, 3.05) is 0 Å². The van der Waals surface area contributed by atoms with E-state index in [0.29, 0.717) is 16.1 Å². The van der Waals surface area contributed by atoms with Gasteiger partial charge in [-0.3, -0.25) is 4.79 Å². The quantitative estimate of drug-likeness (QED) is 0.803. The fourth-order valence-electron chi connectivity index (χ4n) is 2.16. The Hall–Kier alpha value is -2.08.